The highest BCUT2D eigenvalue weighted by Gasteiger charge is 2.56. The summed E-state index contributed by atoms with van der Waals surface area (Å²) in [6.07, 6.45) is 5.73. The van der Waals surface area contributed by atoms with E-state index in [-0.39, 0.29) is 41.2 Å². The van der Waals surface area contributed by atoms with Gasteiger partial charge in [-0.3, -0.25) is 10.1 Å². The van der Waals surface area contributed by atoms with Crippen LogP contribution in [0.2, 0.25) is 0 Å². The minimum atomic E-state index is -0.814. The molecule has 3 aliphatic carbocycles. The lowest BCUT2D eigenvalue weighted by Crippen LogP contribution is -2.68. The van der Waals surface area contributed by atoms with E-state index in [1.165, 1.54) is 18.3 Å². The summed E-state index contributed by atoms with van der Waals surface area (Å²) in [5.74, 6) is 0.0243. The summed E-state index contributed by atoms with van der Waals surface area (Å²) in [5, 5.41) is 23.1. The number of aliphatic hydroxyl groups is 1. The van der Waals surface area contributed by atoms with Crippen LogP contribution in [0, 0.1) is 5.92 Å². The first kappa shape index (κ1) is 20.8. The van der Waals surface area contributed by atoms with Gasteiger partial charge in [0.1, 0.15) is 6.61 Å². The van der Waals surface area contributed by atoms with E-state index in [2.05, 4.69) is 25.8 Å². The third-order valence-corrected chi connectivity index (χ3v) is 5.83. The predicted octanol–water partition coefficient (Wildman–Crippen LogP) is -1.38. The fourth-order valence-corrected chi connectivity index (χ4v) is 4.30. The lowest BCUT2D eigenvalue weighted by atomic mass is 9.50. The van der Waals surface area contributed by atoms with Crippen LogP contribution >= 0.6 is 11.3 Å². The second kappa shape index (κ2) is 8.35. The fraction of sp³-hybridized carbons (Fsp3) is 0.389. The molecular weight excluding hydrogens is 426 g/mol. The summed E-state index contributed by atoms with van der Waals surface area (Å²) in [5.41, 5.74) is 10.4. The SMILES string of the molecule is N/C=C\C(N)=[NH+]\c1nnc(NC(=O)c2cc(NC34CC(C3)C4)c(OCCO)c(=O)o2)s1. The molecule has 164 valence electrons. The normalized spacial score (nSPS) is 22.0. The molecule has 0 atom stereocenters. The maximum Gasteiger partial charge on any atom is 0.381 e. The minimum Gasteiger partial charge on any atom is -0.483 e. The quantitative estimate of drug-likeness (QED) is 0.197. The molecule has 2 aromatic heterocycles. The summed E-state index contributed by atoms with van der Waals surface area (Å²) in [6, 6.07) is 1.42. The van der Waals surface area contributed by atoms with Gasteiger partial charge in [0.15, 0.2) is 5.76 Å². The van der Waals surface area contributed by atoms with Crippen molar-refractivity contribution in [2.75, 3.05) is 23.8 Å². The molecule has 2 heterocycles. The Labute approximate surface area is 180 Å². The Balaban J connectivity index is 1.53. The van der Waals surface area contributed by atoms with Crippen molar-refractivity contribution in [3.05, 3.63) is 34.5 Å². The third-order valence-electron chi connectivity index (χ3n) is 5.08. The topological polar surface area (TPSA) is 193 Å². The Morgan fingerprint density at radius 1 is 1.45 bits per heavy atom. The second-order valence-electron chi connectivity index (χ2n) is 7.40. The Kier molecular flexibility index (Phi) is 5.61. The van der Waals surface area contributed by atoms with Crippen LogP contribution < -0.4 is 37.5 Å². The molecule has 0 radical (unpaired) electrons. The number of carbonyl (C=O) groups is 1. The Morgan fingerprint density at radius 2 is 2.23 bits per heavy atom. The number of rotatable bonds is 9. The summed E-state index contributed by atoms with van der Waals surface area (Å²) in [4.78, 5) is 27.9. The molecular formula is C18H22N7O5S+. The van der Waals surface area contributed by atoms with Crippen molar-refractivity contribution in [3.8, 4) is 5.75 Å². The number of amides is 1. The number of nitrogens with zero attached hydrogens (tertiary/aromatic N) is 2. The maximum absolute atomic E-state index is 12.6. The van der Waals surface area contributed by atoms with Gasteiger partial charge in [-0.15, -0.1) is 0 Å². The molecule has 12 nitrogen and oxygen atoms in total. The lowest BCUT2D eigenvalue weighted by Gasteiger charge is -2.62. The van der Waals surface area contributed by atoms with Gasteiger partial charge in [0.25, 0.3) is 5.91 Å². The standard InChI is InChI=1S/C18H21N7O5S/c19-2-1-12(20)21-16-24-25-17(31-16)22-14(27)11-5-10(23-18-6-9(7-18)8-18)13(15(28)30-11)29-4-3-26/h1-2,5,9,23,26H,3-4,6-8,19H2,(H2,20,21,24)(H,22,25,27)/p+1/b2-1-. The molecule has 0 spiro atoms. The highest BCUT2D eigenvalue weighted by Crippen LogP contribution is 2.59. The first-order valence-electron chi connectivity index (χ1n) is 9.54. The van der Waals surface area contributed by atoms with E-state index in [9.17, 15) is 9.59 Å². The number of anilines is 2. The molecule has 2 bridgehead atoms. The number of aromatic nitrogens is 2. The molecule has 0 saturated heterocycles. The summed E-state index contributed by atoms with van der Waals surface area (Å²) in [6.45, 7) is -0.328. The summed E-state index contributed by atoms with van der Waals surface area (Å²) in [7, 11) is 0. The van der Waals surface area contributed by atoms with Crippen molar-refractivity contribution in [1.29, 1.82) is 0 Å². The van der Waals surface area contributed by atoms with Gasteiger partial charge >= 0.3 is 10.8 Å². The van der Waals surface area contributed by atoms with Crippen LogP contribution in [0.15, 0.2) is 27.6 Å². The summed E-state index contributed by atoms with van der Waals surface area (Å²) >= 11 is 1.03. The zero-order valence-electron chi connectivity index (χ0n) is 16.4. The molecule has 31 heavy (non-hydrogen) atoms. The monoisotopic (exact) mass is 448 g/mol. The van der Waals surface area contributed by atoms with Gasteiger partial charge in [0.2, 0.25) is 16.7 Å². The van der Waals surface area contributed by atoms with Crippen molar-refractivity contribution in [2.45, 2.75) is 24.8 Å². The van der Waals surface area contributed by atoms with Crippen molar-refractivity contribution >= 4 is 39.0 Å². The molecule has 3 saturated carbocycles. The highest BCUT2D eigenvalue weighted by atomic mass is 32.1. The number of carbonyl (C=O) groups excluding carboxylic acids is 1. The van der Waals surface area contributed by atoms with Crippen LogP contribution in [0.5, 0.6) is 5.75 Å². The van der Waals surface area contributed by atoms with E-state index >= 15 is 0 Å². The Hall–Kier alpha value is -3.45. The van der Waals surface area contributed by atoms with E-state index in [0.29, 0.717) is 16.7 Å². The summed E-state index contributed by atoms with van der Waals surface area (Å²) < 4.78 is 10.5. The molecule has 3 aliphatic rings. The van der Waals surface area contributed by atoms with Gasteiger partial charge in [-0.1, -0.05) is 0 Å². The molecule has 3 fully saturated rings. The zero-order valence-corrected chi connectivity index (χ0v) is 17.2. The number of nitrogens with two attached hydrogens (primary N) is 2. The average molecular weight is 448 g/mol. The first-order chi connectivity index (χ1) is 14.9. The van der Waals surface area contributed by atoms with Gasteiger partial charge in [-0.2, -0.15) is 0 Å². The van der Waals surface area contributed by atoms with Crippen molar-refractivity contribution in [3.63, 3.8) is 0 Å². The van der Waals surface area contributed by atoms with Crippen LogP contribution in [-0.4, -0.2) is 45.8 Å². The molecule has 5 rings (SSSR count). The van der Waals surface area contributed by atoms with Crippen LogP contribution in [0.25, 0.3) is 0 Å². The van der Waals surface area contributed by atoms with E-state index < -0.39 is 11.5 Å². The Bertz CT molecular complexity index is 1090. The van der Waals surface area contributed by atoms with Crippen LogP contribution in [0.3, 0.4) is 0 Å². The smallest absolute Gasteiger partial charge is 0.381 e. The number of amidine groups is 1. The predicted molar refractivity (Wildman–Crippen MR) is 112 cm³/mol. The molecule has 13 heteroatoms. The van der Waals surface area contributed by atoms with Crippen LogP contribution in [0.4, 0.5) is 16.0 Å². The van der Waals surface area contributed by atoms with Gasteiger partial charge < -0.3 is 31.0 Å². The maximum atomic E-state index is 12.6. The van der Waals surface area contributed by atoms with Crippen LogP contribution in [0.1, 0.15) is 29.8 Å². The Morgan fingerprint density at radius 3 is 2.87 bits per heavy atom. The van der Waals surface area contributed by atoms with Crippen molar-refractivity contribution in [2.24, 2.45) is 17.4 Å². The van der Waals surface area contributed by atoms with Crippen LogP contribution in [-0.2, 0) is 0 Å². The van der Waals surface area contributed by atoms with E-state index in [1.54, 1.807) is 0 Å². The second-order valence-corrected chi connectivity index (χ2v) is 8.38. The zero-order chi connectivity index (χ0) is 22.0. The van der Waals surface area contributed by atoms with Gasteiger partial charge in [-0.05, 0) is 41.6 Å². The first-order valence-corrected chi connectivity index (χ1v) is 10.4. The third kappa shape index (κ3) is 4.36. The molecule has 8 N–H and O–H groups in total. The number of hydrogen-bond donors (Lipinski definition) is 6. The number of aliphatic hydroxyl groups excluding tert-OH is 1. The number of hydrogen-bond acceptors (Lipinski definition) is 10. The number of nitrogens with one attached hydrogen (secondary N) is 3. The lowest BCUT2D eigenvalue weighted by molar-refractivity contribution is -0.354. The van der Waals surface area contributed by atoms with Crippen molar-refractivity contribution in [1.82, 2.24) is 10.2 Å². The van der Waals surface area contributed by atoms with Crippen molar-refractivity contribution < 1.29 is 24.0 Å². The largest absolute Gasteiger partial charge is 0.483 e. The minimum absolute atomic E-state index is 0.0586. The van der Waals surface area contributed by atoms with E-state index in [0.717, 1.165) is 30.6 Å². The van der Waals surface area contributed by atoms with E-state index in [4.69, 9.17) is 25.7 Å². The van der Waals surface area contributed by atoms with Gasteiger partial charge in [-0.25, -0.2) is 9.79 Å². The molecule has 1 amide bonds. The van der Waals surface area contributed by atoms with Gasteiger partial charge in [0, 0.05) is 29.0 Å². The highest BCUT2D eigenvalue weighted by molar-refractivity contribution is 7.18. The fourth-order valence-electron chi connectivity index (χ4n) is 3.64. The van der Waals surface area contributed by atoms with Gasteiger partial charge in [0.05, 0.1) is 12.3 Å². The molecule has 0 aliphatic heterocycles. The van der Waals surface area contributed by atoms with E-state index in [1.807, 2.05) is 0 Å². The molecule has 2 aromatic rings. The molecule has 0 aromatic carbocycles. The average Bonchev–Trinajstić information content (AvgIpc) is 3.09. The number of ether oxygens (including phenoxy) is 1. The molecule has 0 unspecified atom stereocenters.